The van der Waals surface area contributed by atoms with Crippen LogP contribution < -0.4 is 5.32 Å². The highest BCUT2D eigenvalue weighted by molar-refractivity contribution is 7.15. The summed E-state index contributed by atoms with van der Waals surface area (Å²) in [4.78, 5) is 16.6. The maximum absolute atomic E-state index is 11.5. The number of amides is 1. The molecule has 0 spiro atoms. The zero-order chi connectivity index (χ0) is 9.97. The highest BCUT2D eigenvalue weighted by Gasteiger charge is 2.08. The van der Waals surface area contributed by atoms with Gasteiger partial charge in [-0.1, -0.05) is 0 Å². The normalized spacial score (nSPS) is 10.1. The van der Waals surface area contributed by atoms with Gasteiger partial charge in [0.2, 0.25) is 0 Å². The van der Waals surface area contributed by atoms with Crippen molar-refractivity contribution >= 4 is 22.4 Å². The van der Waals surface area contributed by atoms with Gasteiger partial charge in [0.1, 0.15) is 6.26 Å². The molecule has 14 heavy (non-hydrogen) atoms. The lowest BCUT2D eigenvalue weighted by Gasteiger charge is -1.96. The van der Waals surface area contributed by atoms with Crippen LogP contribution in [0.15, 0.2) is 29.2 Å². The number of nitrogens with one attached hydrogen (secondary N) is 1. The van der Waals surface area contributed by atoms with Crippen LogP contribution in [0, 0.1) is 6.92 Å². The SMILES string of the molecule is Cc1cnc(NC(=O)c2ccoc2)s1. The minimum Gasteiger partial charge on any atom is -0.472 e. The van der Waals surface area contributed by atoms with Crippen LogP contribution in [0.3, 0.4) is 0 Å². The van der Waals surface area contributed by atoms with Gasteiger partial charge in [-0.25, -0.2) is 4.98 Å². The Morgan fingerprint density at radius 1 is 1.64 bits per heavy atom. The van der Waals surface area contributed by atoms with Crippen LogP contribution in [0.25, 0.3) is 0 Å². The molecular weight excluding hydrogens is 200 g/mol. The van der Waals surface area contributed by atoms with E-state index in [4.69, 9.17) is 4.42 Å². The Morgan fingerprint density at radius 2 is 2.50 bits per heavy atom. The summed E-state index contributed by atoms with van der Waals surface area (Å²) in [5.41, 5.74) is 0.498. The van der Waals surface area contributed by atoms with Crippen molar-refractivity contribution in [3.8, 4) is 0 Å². The van der Waals surface area contributed by atoms with Crippen molar-refractivity contribution in [3.05, 3.63) is 35.2 Å². The van der Waals surface area contributed by atoms with Crippen LogP contribution in [0.1, 0.15) is 15.2 Å². The monoisotopic (exact) mass is 208 g/mol. The van der Waals surface area contributed by atoms with E-state index in [2.05, 4.69) is 10.3 Å². The summed E-state index contributed by atoms with van der Waals surface area (Å²) >= 11 is 1.44. The Morgan fingerprint density at radius 3 is 3.07 bits per heavy atom. The predicted molar refractivity (Wildman–Crippen MR) is 53.5 cm³/mol. The van der Waals surface area contributed by atoms with E-state index in [0.29, 0.717) is 10.7 Å². The highest BCUT2D eigenvalue weighted by Crippen LogP contribution is 2.17. The maximum Gasteiger partial charge on any atom is 0.260 e. The molecule has 5 heteroatoms. The zero-order valence-electron chi connectivity index (χ0n) is 7.48. The van der Waals surface area contributed by atoms with E-state index < -0.39 is 0 Å². The van der Waals surface area contributed by atoms with Gasteiger partial charge in [-0.15, -0.1) is 11.3 Å². The van der Waals surface area contributed by atoms with E-state index in [9.17, 15) is 4.79 Å². The molecule has 0 aliphatic rings. The third kappa shape index (κ3) is 1.82. The summed E-state index contributed by atoms with van der Waals surface area (Å²) in [5.74, 6) is -0.201. The van der Waals surface area contributed by atoms with E-state index >= 15 is 0 Å². The Labute approximate surface area is 84.6 Å². The van der Waals surface area contributed by atoms with Gasteiger partial charge in [0, 0.05) is 11.1 Å². The van der Waals surface area contributed by atoms with Gasteiger partial charge in [0.25, 0.3) is 5.91 Å². The van der Waals surface area contributed by atoms with E-state index in [1.54, 1.807) is 12.3 Å². The molecule has 0 unspecified atom stereocenters. The number of hydrogen-bond acceptors (Lipinski definition) is 4. The Bertz CT molecular complexity index is 433. The maximum atomic E-state index is 11.5. The number of hydrogen-bond donors (Lipinski definition) is 1. The van der Waals surface area contributed by atoms with Gasteiger partial charge in [0.05, 0.1) is 11.8 Å². The summed E-state index contributed by atoms with van der Waals surface area (Å²) < 4.78 is 4.80. The van der Waals surface area contributed by atoms with Crippen molar-refractivity contribution in [2.75, 3.05) is 5.32 Å². The first-order chi connectivity index (χ1) is 6.75. The first-order valence-electron chi connectivity index (χ1n) is 4.01. The van der Waals surface area contributed by atoms with E-state index in [1.807, 2.05) is 6.92 Å². The lowest BCUT2D eigenvalue weighted by molar-refractivity contribution is 0.102. The van der Waals surface area contributed by atoms with Crippen molar-refractivity contribution < 1.29 is 9.21 Å². The van der Waals surface area contributed by atoms with Crippen molar-refractivity contribution in [3.63, 3.8) is 0 Å². The molecule has 1 amide bonds. The second kappa shape index (κ2) is 3.63. The summed E-state index contributed by atoms with van der Waals surface area (Å²) in [6.45, 7) is 1.94. The molecule has 0 aromatic carbocycles. The lowest BCUT2D eigenvalue weighted by Crippen LogP contribution is -2.10. The first kappa shape index (κ1) is 8.96. The average Bonchev–Trinajstić information content (AvgIpc) is 2.75. The largest absolute Gasteiger partial charge is 0.472 e. The van der Waals surface area contributed by atoms with Gasteiger partial charge >= 0.3 is 0 Å². The quantitative estimate of drug-likeness (QED) is 0.823. The van der Waals surface area contributed by atoms with E-state index in [0.717, 1.165) is 4.88 Å². The van der Waals surface area contributed by atoms with Crippen molar-refractivity contribution in [1.29, 1.82) is 0 Å². The van der Waals surface area contributed by atoms with Gasteiger partial charge in [-0.2, -0.15) is 0 Å². The molecule has 0 bridgehead atoms. The zero-order valence-corrected chi connectivity index (χ0v) is 8.30. The Kier molecular flexibility index (Phi) is 2.32. The Balaban J connectivity index is 2.09. The minimum absolute atomic E-state index is 0.201. The first-order valence-corrected chi connectivity index (χ1v) is 4.83. The fourth-order valence-corrected chi connectivity index (χ4v) is 1.63. The number of carbonyl (C=O) groups excluding carboxylic acids is 1. The summed E-state index contributed by atoms with van der Waals surface area (Å²) in [5, 5.41) is 3.28. The van der Waals surface area contributed by atoms with Crippen LogP contribution in [0.2, 0.25) is 0 Å². The highest BCUT2D eigenvalue weighted by atomic mass is 32.1. The fourth-order valence-electron chi connectivity index (χ4n) is 0.975. The van der Waals surface area contributed by atoms with Crippen LogP contribution in [0.4, 0.5) is 5.13 Å². The molecule has 0 atom stereocenters. The predicted octanol–water partition coefficient (Wildman–Crippen LogP) is 2.30. The summed E-state index contributed by atoms with van der Waals surface area (Å²) in [6, 6.07) is 1.61. The van der Waals surface area contributed by atoms with Crippen LogP contribution in [-0.4, -0.2) is 10.9 Å². The topological polar surface area (TPSA) is 55.1 Å². The number of aryl methyl sites for hydroxylation is 1. The van der Waals surface area contributed by atoms with Crippen molar-refractivity contribution in [2.45, 2.75) is 6.92 Å². The number of aromatic nitrogens is 1. The molecule has 0 fully saturated rings. The Hall–Kier alpha value is -1.62. The number of nitrogens with zero attached hydrogens (tertiary/aromatic N) is 1. The van der Waals surface area contributed by atoms with E-state index in [-0.39, 0.29) is 5.91 Å². The summed E-state index contributed by atoms with van der Waals surface area (Å²) in [7, 11) is 0. The second-order valence-electron chi connectivity index (χ2n) is 2.74. The van der Waals surface area contributed by atoms with Crippen LogP contribution >= 0.6 is 11.3 Å². The number of thiazole rings is 1. The van der Waals surface area contributed by atoms with Crippen molar-refractivity contribution in [2.24, 2.45) is 0 Å². The third-order valence-electron chi connectivity index (χ3n) is 1.63. The molecule has 0 saturated carbocycles. The minimum atomic E-state index is -0.201. The molecular formula is C9H8N2O2S. The number of anilines is 1. The fraction of sp³-hybridized carbons (Fsp3) is 0.111. The number of rotatable bonds is 2. The van der Waals surface area contributed by atoms with Gasteiger partial charge in [-0.05, 0) is 13.0 Å². The number of carbonyl (C=O) groups is 1. The molecule has 2 heterocycles. The molecule has 4 nitrogen and oxygen atoms in total. The number of furan rings is 1. The molecule has 2 aromatic heterocycles. The second-order valence-corrected chi connectivity index (χ2v) is 3.98. The molecule has 1 N–H and O–H groups in total. The lowest BCUT2D eigenvalue weighted by atomic mass is 10.3. The van der Waals surface area contributed by atoms with Gasteiger partial charge in [-0.3, -0.25) is 10.1 Å². The third-order valence-corrected chi connectivity index (χ3v) is 2.45. The summed E-state index contributed by atoms with van der Waals surface area (Å²) in [6.07, 6.45) is 4.58. The molecule has 0 aliphatic carbocycles. The molecule has 72 valence electrons. The standard InChI is InChI=1S/C9H8N2O2S/c1-6-4-10-9(14-6)11-8(12)7-2-3-13-5-7/h2-5H,1H3,(H,10,11,12). The van der Waals surface area contributed by atoms with Gasteiger partial charge < -0.3 is 4.42 Å². The molecule has 0 aliphatic heterocycles. The van der Waals surface area contributed by atoms with Gasteiger partial charge in [0.15, 0.2) is 5.13 Å². The average molecular weight is 208 g/mol. The molecule has 2 rings (SSSR count). The smallest absolute Gasteiger partial charge is 0.260 e. The van der Waals surface area contributed by atoms with Crippen LogP contribution in [0.5, 0.6) is 0 Å². The molecule has 0 saturated heterocycles. The molecule has 2 aromatic rings. The van der Waals surface area contributed by atoms with E-state index in [1.165, 1.54) is 23.9 Å². The molecule has 0 radical (unpaired) electrons. The van der Waals surface area contributed by atoms with Crippen molar-refractivity contribution in [1.82, 2.24) is 4.98 Å². The van der Waals surface area contributed by atoms with Crippen LogP contribution in [-0.2, 0) is 0 Å².